The SMILES string of the molecule is COc1c(C=NC(c2ccccc2O)c2ccccc2O)cc(C(C)(C)C)cc1CCCN1CCC[N+]2=C1CCCCC2.[CH3-].[Co]. The van der Waals surface area contributed by atoms with Gasteiger partial charge in [-0.25, -0.2) is 0 Å². The summed E-state index contributed by atoms with van der Waals surface area (Å²) in [4.78, 5) is 7.63. The number of benzene rings is 3. The summed E-state index contributed by atoms with van der Waals surface area (Å²) in [5, 5.41) is 21.5. The predicted octanol–water partition coefficient (Wildman–Crippen LogP) is 7.68. The third kappa shape index (κ3) is 8.70. The number of aliphatic imine (C=N–C) groups is 1. The van der Waals surface area contributed by atoms with Crippen LogP contribution in [-0.2, 0) is 28.6 Å². The molecule has 6 nitrogen and oxygen atoms in total. The topological polar surface area (TPSA) is 68.3 Å². The van der Waals surface area contributed by atoms with Crippen LogP contribution < -0.4 is 4.74 Å². The molecule has 0 spiro atoms. The van der Waals surface area contributed by atoms with Crippen LogP contribution in [-0.4, -0.2) is 65.0 Å². The van der Waals surface area contributed by atoms with Gasteiger partial charge in [0.2, 0.25) is 5.84 Å². The van der Waals surface area contributed by atoms with Gasteiger partial charge in [-0.05, 0) is 66.8 Å². The van der Waals surface area contributed by atoms with Crippen LogP contribution in [0.3, 0.4) is 0 Å². The fourth-order valence-electron chi connectivity index (χ4n) is 6.53. The smallest absolute Gasteiger partial charge is 0.246 e. The number of rotatable bonds is 9. The third-order valence-corrected chi connectivity index (χ3v) is 8.88. The number of hydrogen-bond acceptors (Lipinski definition) is 5. The number of nitrogens with zero attached hydrogens (tertiary/aromatic N) is 3. The molecule has 0 aromatic heterocycles. The molecule has 5 rings (SSSR count). The normalized spacial score (nSPS) is 15.4. The first kappa shape index (κ1) is 36.2. The van der Waals surface area contributed by atoms with Gasteiger partial charge in [0.05, 0.1) is 33.3 Å². The maximum absolute atomic E-state index is 10.7. The Balaban J connectivity index is 0.00000276. The second-order valence-electron chi connectivity index (χ2n) is 13.0. The Morgan fingerprint density at radius 3 is 2.20 bits per heavy atom. The minimum absolute atomic E-state index is 0. The molecular formula is C38H51CoN3O3. The summed E-state index contributed by atoms with van der Waals surface area (Å²) in [6.07, 6.45) is 10.2. The average Bonchev–Trinajstić information content (AvgIpc) is 3.24. The van der Waals surface area contributed by atoms with E-state index in [1.165, 1.54) is 56.3 Å². The Hall–Kier alpha value is -3.29. The van der Waals surface area contributed by atoms with Gasteiger partial charge in [-0.1, -0.05) is 63.2 Å². The van der Waals surface area contributed by atoms with Crippen LogP contribution in [0.25, 0.3) is 0 Å². The number of hydrogen-bond donors (Lipinski definition) is 2. The van der Waals surface area contributed by atoms with E-state index in [1.54, 1.807) is 37.2 Å². The van der Waals surface area contributed by atoms with Crippen LogP contribution >= 0.6 is 0 Å². The van der Waals surface area contributed by atoms with Gasteiger partial charge in [-0.2, -0.15) is 0 Å². The molecule has 2 heterocycles. The molecule has 2 N–H and O–H groups in total. The second kappa shape index (κ2) is 16.3. The van der Waals surface area contributed by atoms with E-state index in [2.05, 4.69) is 42.4 Å². The molecule has 3 aromatic carbocycles. The van der Waals surface area contributed by atoms with E-state index in [1.807, 2.05) is 30.5 Å². The van der Waals surface area contributed by atoms with Crippen LogP contribution in [0.2, 0.25) is 0 Å². The molecule has 0 atom stereocenters. The van der Waals surface area contributed by atoms with Crippen molar-refractivity contribution in [3.8, 4) is 17.2 Å². The zero-order valence-electron chi connectivity index (χ0n) is 27.7. The van der Waals surface area contributed by atoms with Crippen molar-refractivity contribution in [1.82, 2.24) is 4.90 Å². The van der Waals surface area contributed by atoms with Gasteiger partial charge < -0.3 is 22.4 Å². The third-order valence-electron chi connectivity index (χ3n) is 8.88. The second-order valence-corrected chi connectivity index (χ2v) is 13.0. The molecule has 0 saturated heterocycles. The molecule has 245 valence electrons. The molecule has 1 radical (unpaired) electrons. The number of aryl methyl sites for hydroxylation is 1. The summed E-state index contributed by atoms with van der Waals surface area (Å²) >= 11 is 0. The molecule has 0 aliphatic carbocycles. The van der Waals surface area contributed by atoms with Gasteiger partial charge in [-0.15, -0.1) is 0 Å². The van der Waals surface area contributed by atoms with Gasteiger partial charge in [0.25, 0.3) is 0 Å². The molecule has 3 aromatic rings. The van der Waals surface area contributed by atoms with Crippen LogP contribution in [0, 0.1) is 7.43 Å². The Bertz CT molecular complexity index is 1430. The molecule has 45 heavy (non-hydrogen) atoms. The van der Waals surface area contributed by atoms with Crippen molar-refractivity contribution in [1.29, 1.82) is 0 Å². The van der Waals surface area contributed by atoms with Crippen molar-refractivity contribution in [2.75, 3.05) is 33.3 Å². The molecule has 7 heteroatoms. The number of ether oxygens (including phenoxy) is 1. The van der Waals surface area contributed by atoms with Gasteiger partial charge in [-0.3, -0.25) is 14.5 Å². The van der Waals surface area contributed by atoms with E-state index < -0.39 is 6.04 Å². The number of phenolic OH excluding ortho intramolecular Hbond substituents is 2. The maximum atomic E-state index is 10.7. The molecular weight excluding hydrogens is 605 g/mol. The van der Waals surface area contributed by atoms with Crippen molar-refractivity contribution in [2.45, 2.75) is 77.2 Å². The monoisotopic (exact) mass is 656 g/mol. The minimum atomic E-state index is -0.576. The molecule has 0 fully saturated rings. The summed E-state index contributed by atoms with van der Waals surface area (Å²) in [5.41, 5.74) is 4.55. The van der Waals surface area contributed by atoms with Gasteiger partial charge in [0, 0.05) is 52.5 Å². The first-order valence-corrected chi connectivity index (χ1v) is 15.9. The van der Waals surface area contributed by atoms with Crippen LogP contribution in [0.4, 0.5) is 0 Å². The van der Waals surface area contributed by atoms with Crippen LogP contribution in [0.1, 0.15) is 93.2 Å². The van der Waals surface area contributed by atoms with Crippen molar-refractivity contribution in [3.63, 3.8) is 0 Å². The predicted molar refractivity (Wildman–Crippen MR) is 182 cm³/mol. The van der Waals surface area contributed by atoms with E-state index in [-0.39, 0.29) is 41.1 Å². The summed E-state index contributed by atoms with van der Waals surface area (Å²) < 4.78 is 8.70. The minimum Gasteiger partial charge on any atom is -0.508 e. The Morgan fingerprint density at radius 2 is 1.58 bits per heavy atom. The Kier molecular flexibility index (Phi) is 13.1. The molecule has 0 bridgehead atoms. The zero-order valence-corrected chi connectivity index (χ0v) is 28.7. The largest absolute Gasteiger partial charge is 0.508 e. The number of amidine groups is 1. The van der Waals surface area contributed by atoms with E-state index in [0.29, 0.717) is 11.1 Å². The summed E-state index contributed by atoms with van der Waals surface area (Å²) in [7, 11) is 1.74. The summed E-state index contributed by atoms with van der Waals surface area (Å²) in [6.45, 7) is 11.3. The van der Waals surface area contributed by atoms with Gasteiger partial charge >= 0.3 is 0 Å². The standard InChI is InChI=1S/C37H47N3O3.CH3.Co/c1-37(2,3)29-24-27(14-12-21-40-23-13-22-39-20-11-5-6-19-34(39)40)36(43-4)28(25-29)26-38-35(30-15-7-9-17-32(30)41)31-16-8-10-18-33(31)42;;/h7-10,15-18,24-26,35H,5-6,11-14,19-23H2,1-4H3,(H-,41,42);1H3;/q;-1;/p+1. The van der Waals surface area contributed by atoms with E-state index >= 15 is 0 Å². The van der Waals surface area contributed by atoms with Crippen molar-refractivity contribution in [2.24, 2.45) is 4.99 Å². The molecule has 2 aliphatic heterocycles. The Labute approximate surface area is 281 Å². The average molecular weight is 657 g/mol. The van der Waals surface area contributed by atoms with Crippen LogP contribution in [0.15, 0.2) is 65.7 Å². The fraction of sp³-hybridized carbons (Fsp3) is 0.447. The summed E-state index contributed by atoms with van der Waals surface area (Å²) in [6, 6.07) is 18.3. The quantitative estimate of drug-likeness (QED) is 0.141. The summed E-state index contributed by atoms with van der Waals surface area (Å²) in [5.74, 6) is 2.69. The van der Waals surface area contributed by atoms with Crippen LogP contribution in [0.5, 0.6) is 17.2 Å². The molecule has 2 aliphatic rings. The maximum Gasteiger partial charge on any atom is 0.246 e. The number of aromatic hydroxyl groups is 2. The van der Waals surface area contributed by atoms with Gasteiger partial charge in [0.15, 0.2) is 0 Å². The first-order chi connectivity index (χ1) is 20.8. The first-order valence-electron chi connectivity index (χ1n) is 15.9. The van der Waals surface area contributed by atoms with Crippen molar-refractivity contribution < 1.29 is 36.3 Å². The number of para-hydroxylation sites is 2. The van der Waals surface area contributed by atoms with Gasteiger partial charge in [0.1, 0.15) is 23.3 Å². The number of phenols is 2. The van der Waals surface area contributed by atoms with Crippen molar-refractivity contribution in [3.05, 3.63) is 95.9 Å². The van der Waals surface area contributed by atoms with E-state index in [0.717, 1.165) is 37.2 Å². The van der Waals surface area contributed by atoms with E-state index in [9.17, 15) is 10.2 Å². The zero-order chi connectivity index (χ0) is 30.4. The Morgan fingerprint density at radius 1 is 0.933 bits per heavy atom. The fourth-order valence-corrected chi connectivity index (χ4v) is 6.53. The van der Waals surface area contributed by atoms with E-state index in [4.69, 9.17) is 9.73 Å². The molecule has 0 saturated carbocycles. The van der Waals surface area contributed by atoms with Crippen molar-refractivity contribution >= 4 is 12.1 Å². The molecule has 0 unspecified atom stereocenters. The number of methoxy groups -OCH3 is 1. The molecule has 0 amide bonds.